The molecule has 0 unspecified atom stereocenters. The molecule has 0 spiro atoms. The van der Waals surface area contributed by atoms with Gasteiger partial charge < -0.3 is 4.74 Å². The molecule has 0 atom stereocenters. The van der Waals surface area contributed by atoms with Crippen molar-refractivity contribution in [3.63, 3.8) is 0 Å². The standard InChI is InChI=1S/C8H5ClN2O6/c1-17-8(12)4-2-5(10(13)14)7(9)6(3-4)11(15)16/h2-3H,1H3. The minimum atomic E-state index is -0.923. The van der Waals surface area contributed by atoms with Gasteiger partial charge in [0.15, 0.2) is 5.02 Å². The number of hydrogen-bond acceptors (Lipinski definition) is 6. The Kier molecular flexibility index (Phi) is 3.59. The summed E-state index contributed by atoms with van der Waals surface area (Å²) in [5.74, 6) is -0.923. The number of carbonyl (C=O) groups is 1. The molecule has 0 aliphatic carbocycles. The van der Waals surface area contributed by atoms with Gasteiger partial charge in [0.05, 0.1) is 22.5 Å². The van der Waals surface area contributed by atoms with Crippen molar-refractivity contribution in [2.45, 2.75) is 0 Å². The summed E-state index contributed by atoms with van der Waals surface area (Å²) in [7, 11) is 1.05. The fraction of sp³-hybridized carbons (Fsp3) is 0.125. The van der Waals surface area contributed by atoms with Crippen LogP contribution in [-0.4, -0.2) is 22.9 Å². The molecular weight excluding hydrogens is 256 g/mol. The third-order valence-corrected chi connectivity index (χ3v) is 2.24. The maximum atomic E-state index is 11.2. The van der Waals surface area contributed by atoms with E-state index in [9.17, 15) is 25.0 Å². The smallest absolute Gasteiger partial charge is 0.338 e. The van der Waals surface area contributed by atoms with Crippen molar-refractivity contribution in [1.82, 2.24) is 0 Å². The SMILES string of the molecule is COC(=O)c1cc([N+](=O)[O-])c(Cl)c([N+](=O)[O-])c1. The number of ether oxygens (including phenoxy) is 1. The van der Waals surface area contributed by atoms with Gasteiger partial charge in [0.1, 0.15) is 0 Å². The number of hydrogen-bond donors (Lipinski definition) is 0. The maximum absolute atomic E-state index is 11.2. The maximum Gasteiger partial charge on any atom is 0.338 e. The molecule has 0 amide bonds. The number of methoxy groups -OCH3 is 1. The van der Waals surface area contributed by atoms with E-state index in [0.717, 1.165) is 19.2 Å². The number of nitro benzene ring substituents is 2. The van der Waals surface area contributed by atoms with Gasteiger partial charge in [-0.25, -0.2) is 4.79 Å². The van der Waals surface area contributed by atoms with E-state index in [-0.39, 0.29) is 5.56 Å². The highest BCUT2D eigenvalue weighted by molar-refractivity contribution is 6.35. The van der Waals surface area contributed by atoms with Crippen molar-refractivity contribution in [1.29, 1.82) is 0 Å². The predicted molar refractivity (Wildman–Crippen MR) is 56.1 cm³/mol. The molecule has 0 radical (unpaired) electrons. The average molecular weight is 261 g/mol. The summed E-state index contributed by atoms with van der Waals surface area (Å²) in [5, 5.41) is 20.6. The van der Waals surface area contributed by atoms with Crippen LogP contribution in [0.25, 0.3) is 0 Å². The van der Waals surface area contributed by atoms with Gasteiger partial charge >= 0.3 is 5.97 Å². The Hall–Kier alpha value is -2.22. The van der Waals surface area contributed by atoms with Crippen LogP contribution in [0, 0.1) is 20.2 Å². The summed E-state index contributed by atoms with van der Waals surface area (Å²) < 4.78 is 4.32. The van der Waals surface area contributed by atoms with Crippen molar-refractivity contribution < 1.29 is 19.4 Å². The van der Waals surface area contributed by atoms with E-state index in [1.54, 1.807) is 0 Å². The predicted octanol–water partition coefficient (Wildman–Crippen LogP) is 1.94. The Morgan fingerprint density at radius 2 is 1.65 bits per heavy atom. The monoisotopic (exact) mass is 260 g/mol. The van der Waals surface area contributed by atoms with E-state index in [1.165, 1.54) is 0 Å². The van der Waals surface area contributed by atoms with Crippen LogP contribution in [0.15, 0.2) is 12.1 Å². The lowest BCUT2D eigenvalue weighted by Gasteiger charge is -2.01. The Balaban J connectivity index is 3.52. The first-order chi connectivity index (χ1) is 7.88. The van der Waals surface area contributed by atoms with Gasteiger partial charge in [-0.05, 0) is 0 Å². The topological polar surface area (TPSA) is 113 Å². The van der Waals surface area contributed by atoms with Crippen LogP contribution in [-0.2, 0) is 4.74 Å². The van der Waals surface area contributed by atoms with Gasteiger partial charge in [-0.1, -0.05) is 11.6 Å². The van der Waals surface area contributed by atoms with E-state index in [1.807, 2.05) is 0 Å². The largest absolute Gasteiger partial charge is 0.465 e. The molecule has 0 heterocycles. The first-order valence-corrected chi connectivity index (χ1v) is 4.47. The minimum absolute atomic E-state index is 0.310. The summed E-state index contributed by atoms with van der Waals surface area (Å²) in [6.07, 6.45) is 0. The van der Waals surface area contributed by atoms with Crippen molar-refractivity contribution in [3.8, 4) is 0 Å². The second-order valence-corrected chi connectivity index (χ2v) is 3.21. The first-order valence-electron chi connectivity index (χ1n) is 4.09. The normalized spacial score (nSPS) is 9.76. The van der Waals surface area contributed by atoms with Gasteiger partial charge in [-0.15, -0.1) is 0 Å². The molecule has 9 heteroatoms. The van der Waals surface area contributed by atoms with Gasteiger partial charge in [0.25, 0.3) is 11.4 Å². The molecule has 90 valence electrons. The molecule has 1 aromatic carbocycles. The summed E-state index contributed by atoms with van der Waals surface area (Å²) in [6.45, 7) is 0. The number of benzene rings is 1. The number of nitro groups is 2. The van der Waals surface area contributed by atoms with Crippen molar-refractivity contribution in [3.05, 3.63) is 42.9 Å². The highest BCUT2D eigenvalue weighted by Crippen LogP contribution is 2.34. The molecule has 17 heavy (non-hydrogen) atoms. The lowest BCUT2D eigenvalue weighted by molar-refractivity contribution is -0.393. The van der Waals surface area contributed by atoms with E-state index in [4.69, 9.17) is 11.6 Å². The highest BCUT2D eigenvalue weighted by atomic mass is 35.5. The molecule has 0 bridgehead atoms. The third kappa shape index (κ3) is 2.48. The van der Waals surface area contributed by atoms with Crippen molar-refractivity contribution in [2.24, 2.45) is 0 Å². The molecular formula is C8H5ClN2O6. The minimum Gasteiger partial charge on any atom is -0.465 e. The second-order valence-electron chi connectivity index (χ2n) is 2.83. The van der Waals surface area contributed by atoms with Gasteiger partial charge in [-0.2, -0.15) is 0 Å². The summed E-state index contributed by atoms with van der Waals surface area (Å²) in [5.41, 5.74) is -1.75. The Bertz CT molecular complexity index is 480. The van der Waals surface area contributed by atoms with Crippen LogP contribution in [0.1, 0.15) is 10.4 Å². The Morgan fingerprint density at radius 1 is 1.24 bits per heavy atom. The molecule has 0 saturated heterocycles. The molecule has 0 fully saturated rings. The van der Waals surface area contributed by atoms with Gasteiger partial charge in [-0.3, -0.25) is 20.2 Å². The lowest BCUT2D eigenvalue weighted by atomic mass is 10.1. The number of rotatable bonds is 3. The second kappa shape index (κ2) is 4.74. The number of carbonyl (C=O) groups excluding carboxylic acids is 1. The van der Waals surface area contributed by atoms with Crippen LogP contribution in [0.2, 0.25) is 5.02 Å². The molecule has 0 saturated carbocycles. The zero-order chi connectivity index (χ0) is 13.2. The molecule has 8 nitrogen and oxygen atoms in total. The van der Waals surface area contributed by atoms with Crippen LogP contribution in [0.5, 0.6) is 0 Å². The first kappa shape index (κ1) is 12.8. The summed E-state index contributed by atoms with van der Waals surface area (Å²) in [4.78, 5) is 30.5. The third-order valence-electron chi connectivity index (χ3n) is 1.85. The van der Waals surface area contributed by atoms with Crippen molar-refractivity contribution >= 4 is 28.9 Å². The molecule has 1 rings (SSSR count). The van der Waals surface area contributed by atoms with Crippen LogP contribution < -0.4 is 0 Å². The van der Waals surface area contributed by atoms with Crippen LogP contribution in [0.4, 0.5) is 11.4 Å². The number of nitrogens with zero attached hydrogens (tertiary/aromatic N) is 2. The lowest BCUT2D eigenvalue weighted by Crippen LogP contribution is -2.04. The average Bonchev–Trinajstić information content (AvgIpc) is 2.27. The van der Waals surface area contributed by atoms with E-state index in [0.29, 0.717) is 0 Å². The van der Waals surface area contributed by atoms with E-state index in [2.05, 4.69) is 4.74 Å². The van der Waals surface area contributed by atoms with Gasteiger partial charge in [0, 0.05) is 12.1 Å². The molecule has 0 aliphatic heterocycles. The summed E-state index contributed by atoms with van der Waals surface area (Å²) in [6, 6.07) is 1.64. The zero-order valence-electron chi connectivity index (χ0n) is 8.38. The Morgan fingerprint density at radius 3 is 1.94 bits per heavy atom. The Labute approximate surface area is 99.0 Å². The van der Waals surface area contributed by atoms with E-state index >= 15 is 0 Å². The van der Waals surface area contributed by atoms with E-state index < -0.39 is 32.2 Å². The summed E-state index contributed by atoms with van der Waals surface area (Å²) >= 11 is 5.48. The molecule has 0 aromatic heterocycles. The zero-order valence-corrected chi connectivity index (χ0v) is 9.13. The number of esters is 1. The van der Waals surface area contributed by atoms with Crippen molar-refractivity contribution in [2.75, 3.05) is 7.11 Å². The fourth-order valence-corrected chi connectivity index (χ4v) is 1.34. The molecule has 0 N–H and O–H groups in total. The quantitative estimate of drug-likeness (QED) is 0.466. The number of halogens is 1. The fourth-order valence-electron chi connectivity index (χ4n) is 1.10. The van der Waals surface area contributed by atoms with Gasteiger partial charge in [0.2, 0.25) is 0 Å². The highest BCUT2D eigenvalue weighted by Gasteiger charge is 2.27. The molecule has 1 aromatic rings. The van der Waals surface area contributed by atoms with Crippen LogP contribution >= 0.6 is 11.6 Å². The van der Waals surface area contributed by atoms with Crippen LogP contribution in [0.3, 0.4) is 0 Å². The molecule has 0 aliphatic rings.